The van der Waals surface area contributed by atoms with E-state index in [0.717, 1.165) is 17.4 Å². The summed E-state index contributed by atoms with van der Waals surface area (Å²) in [7, 11) is -0.609. The number of benzene rings is 3. The van der Waals surface area contributed by atoms with Crippen molar-refractivity contribution in [2.75, 3.05) is 31.3 Å². The molecule has 0 aromatic heterocycles. The first-order valence-electron chi connectivity index (χ1n) is 14.2. The zero-order chi connectivity index (χ0) is 31.6. The molecule has 0 saturated carbocycles. The van der Waals surface area contributed by atoms with Crippen LogP contribution in [-0.4, -0.2) is 63.7 Å². The topological polar surface area (TPSA) is 105 Å². The number of hydrogen-bond donors (Lipinski definition) is 1. The predicted octanol–water partition coefficient (Wildman–Crippen LogP) is 4.80. The van der Waals surface area contributed by atoms with Crippen LogP contribution in [0, 0.1) is 0 Å². The fourth-order valence-electron chi connectivity index (χ4n) is 4.79. The Kier molecular flexibility index (Phi) is 11.6. The summed E-state index contributed by atoms with van der Waals surface area (Å²) in [5.41, 5.74) is 1.61. The summed E-state index contributed by atoms with van der Waals surface area (Å²) in [5.74, 6) is 0.533. The first-order valence-corrected chi connectivity index (χ1v) is 16.1. The number of nitrogens with zero attached hydrogens (tertiary/aromatic N) is 2. The van der Waals surface area contributed by atoms with Crippen molar-refractivity contribution >= 4 is 27.5 Å². The van der Waals surface area contributed by atoms with Crippen LogP contribution in [0.4, 0.5) is 5.69 Å². The van der Waals surface area contributed by atoms with Crippen LogP contribution < -0.4 is 19.1 Å². The van der Waals surface area contributed by atoms with Crippen molar-refractivity contribution in [2.24, 2.45) is 0 Å². The number of sulfonamides is 1. The van der Waals surface area contributed by atoms with E-state index in [1.807, 2.05) is 75.4 Å². The number of rotatable bonds is 14. The molecule has 0 aliphatic carbocycles. The summed E-state index contributed by atoms with van der Waals surface area (Å²) in [6.07, 6.45) is 1.70. The second-order valence-electron chi connectivity index (χ2n) is 11.4. The highest BCUT2D eigenvalue weighted by molar-refractivity contribution is 7.92. The molecule has 0 bridgehead atoms. The summed E-state index contributed by atoms with van der Waals surface area (Å²) < 4.78 is 37.5. The van der Waals surface area contributed by atoms with Gasteiger partial charge in [0.15, 0.2) is 0 Å². The lowest BCUT2D eigenvalue weighted by molar-refractivity contribution is -0.142. The van der Waals surface area contributed by atoms with E-state index < -0.39 is 21.6 Å². The molecule has 0 spiro atoms. The van der Waals surface area contributed by atoms with Crippen LogP contribution in [0.5, 0.6) is 11.5 Å². The molecule has 43 heavy (non-hydrogen) atoms. The van der Waals surface area contributed by atoms with Gasteiger partial charge in [0.25, 0.3) is 0 Å². The van der Waals surface area contributed by atoms with Gasteiger partial charge in [-0.1, -0.05) is 54.6 Å². The van der Waals surface area contributed by atoms with Crippen molar-refractivity contribution in [3.8, 4) is 11.5 Å². The lowest BCUT2D eigenvalue weighted by Crippen LogP contribution is -2.54. The number of carbonyl (C=O) groups is 2. The lowest BCUT2D eigenvalue weighted by Gasteiger charge is -2.34. The number of nitrogens with one attached hydrogen (secondary N) is 1. The van der Waals surface area contributed by atoms with E-state index in [4.69, 9.17) is 9.47 Å². The van der Waals surface area contributed by atoms with Gasteiger partial charge in [0.1, 0.15) is 17.5 Å². The molecule has 1 unspecified atom stereocenters. The van der Waals surface area contributed by atoms with Crippen molar-refractivity contribution in [3.05, 3.63) is 90.0 Å². The number of methoxy groups -OCH3 is 2. The molecule has 10 heteroatoms. The van der Waals surface area contributed by atoms with E-state index in [1.165, 1.54) is 11.4 Å². The zero-order valence-corrected chi connectivity index (χ0v) is 26.7. The Hall–Kier alpha value is -4.05. The van der Waals surface area contributed by atoms with Crippen LogP contribution in [0.1, 0.15) is 44.7 Å². The lowest BCUT2D eigenvalue weighted by atomic mass is 10.00. The van der Waals surface area contributed by atoms with Gasteiger partial charge >= 0.3 is 0 Å². The van der Waals surface area contributed by atoms with Crippen molar-refractivity contribution in [2.45, 2.75) is 58.2 Å². The van der Waals surface area contributed by atoms with Crippen molar-refractivity contribution in [1.82, 2.24) is 10.2 Å². The minimum atomic E-state index is -3.67. The van der Waals surface area contributed by atoms with Crippen LogP contribution in [0.15, 0.2) is 78.9 Å². The number of amides is 2. The van der Waals surface area contributed by atoms with Crippen LogP contribution >= 0.6 is 0 Å². The Balaban J connectivity index is 1.94. The fraction of sp³-hybridized carbons (Fsp3) is 0.394. The Morgan fingerprint density at radius 1 is 0.884 bits per heavy atom. The first-order chi connectivity index (χ1) is 20.3. The van der Waals surface area contributed by atoms with Gasteiger partial charge in [0, 0.05) is 31.5 Å². The van der Waals surface area contributed by atoms with Gasteiger partial charge in [-0.15, -0.1) is 0 Å². The molecular formula is C33H43N3O6S. The molecule has 9 nitrogen and oxygen atoms in total. The summed E-state index contributed by atoms with van der Waals surface area (Å²) in [4.78, 5) is 29.4. The smallest absolute Gasteiger partial charge is 0.243 e. The van der Waals surface area contributed by atoms with Crippen molar-refractivity contribution < 1.29 is 27.5 Å². The summed E-state index contributed by atoms with van der Waals surface area (Å²) in [6.45, 7) is 5.94. The molecule has 3 rings (SSSR count). The minimum absolute atomic E-state index is 0.0270. The molecule has 0 fully saturated rings. The molecule has 0 aliphatic heterocycles. The quantitative estimate of drug-likeness (QED) is 0.282. The molecule has 0 aliphatic rings. The van der Waals surface area contributed by atoms with Crippen molar-refractivity contribution in [3.63, 3.8) is 0 Å². The number of anilines is 1. The molecule has 3 aromatic rings. The minimum Gasteiger partial charge on any atom is -0.497 e. The molecule has 2 amide bonds. The van der Waals surface area contributed by atoms with Crippen LogP contribution in [0.25, 0.3) is 0 Å². The summed E-state index contributed by atoms with van der Waals surface area (Å²) in [6, 6.07) is 23.0. The van der Waals surface area contributed by atoms with E-state index in [0.29, 0.717) is 23.6 Å². The summed E-state index contributed by atoms with van der Waals surface area (Å²) >= 11 is 0. The SMILES string of the molecule is COc1cccc(CN(C(=O)CCCN(c2ccccc2OC)S(C)(=O)=O)C(Cc2ccccc2)C(=O)NC(C)(C)C)c1. The Morgan fingerprint density at radius 3 is 2.16 bits per heavy atom. The van der Waals surface area contributed by atoms with Gasteiger partial charge in [0.2, 0.25) is 21.8 Å². The highest BCUT2D eigenvalue weighted by atomic mass is 32.2. The normalized spacial score (nSPS) is 12.2. The third-order valence-electron chi connectivity index (χ3n) is 6.76. The van der Waals surface area contributed by atoms with Gasteiger partial charge in [0.05, 0.1) is 26.2 Å². The third kappa shape index (κ3) is 10.0. The number of para-hydroxylation sites is 2. The molecule has 0 radical (unpaired) electrons. The maximum Gasteiger partial charge on any atom is 0.243 e. The molecule has 3 aromatic carbocycles. The van der Waals surface area contributed by atoms with Gasteiger partial charge in [-0.05, 0) is 62.6 Å². The predicted molar refractivity (Wildman–Crippen MR) is 170 cm³/mol. The second kappa shape index (κ2) is 14.9. The Morgan fingerprint density at radius 2 is 1.53 bits per heavy atom. The molecule has 0 heterocycles. The van der Waals surface area contributed by atoms with Gasteiger partial charge in [-0.2, -0.15) is 0 Å². The van der Waals surface area contributed by atoms with E-state index in [2.05, 4.69) is 5.32 Å². The monoisotopic (exact) mass is 609 g/mol. The van der Waals surface area contributed by atoms with Gasteiger partial charge < -0.3 is 19.7 Å². The maximum absolute atomic E-state index is 14.0. The standard InChI is InChI=1S/C33H43N3O6S/c1-33(2,3)34-32(38)29(23-25-14-8-7-9-15-25)35(24-26-16-12-17-27(22-26)41-4)31(37)20-13-21-36(43(6,39)40)28-18-10-11-19-30(28)42-5/h7-12,14-19,22,29H,13,20-21,23-24H2,1-6H3,(H,34,38). The fourth-order valence-corrected chi connectivity index (χ4v) is 5.76. The maximum atomic E-state index is 14.0. The molecule has 0 saturated heterocycles. The second-order valence-corrected chi connectivity index (χ2v) is 13.3. The van der Waals surface area contributed by atoms with Crippen molar-refractivity contribution in [1.29, 1.82) is 0 Å². The highest BCUT2D eigenvalue weighted by Crippen LogP contribution is 2.30. The third-order valence-corrected chi connectivity index (χ3v) is 7.94. The van der Waals surface area contributed by atoms with Gasteiger partial charge in [-0.3, -0.25) is 13.9 Å². The molecule has 232 valence electrons. The van der Waals surface area contributed by atoms with Crippen LogP contribution in [0.2, 0.25) is 0 Å². The number of carbonyl (C=O) groups excluding carboxylic acids is 2. The number of ether oxygens (including phenoxy) is 2. The van der Waals surface area contributed by atoms with E-state index >= 15 is 0 Å². The van der Waals surface area contributed by atoms with E-state index in [1.54, 1.807) is 36.3 Å². The Labute approximate surface area is 255 Å². The molecule has 1 atom stereocenters. The van der Waals surface area contributed by atoms with E-state index in [-0.39, 0.29) is 37.7 Å². The molecule has 1 N–H and O–H groups in total. The first kappa shape index (κ1) is 33.5. The molecular weight excluding hydrogens is 566 g/mol. The Bertz CT molecular complexity index is 1470. The average Bonchev–Trinajstić information content (AvgIpc) is 2.96. The average molecular weight is 610 g/mol. The largest absolute Gasteiger partial charge is 0.497 e. The highest BCUT2D eigenvalue weighted by Gasteiger charge is 2.32. The zero-order valence-electron chi connectivity index (χ0n) is 25.9. The van der Waals surface area contributed by atoms with E-state index in [9.17, 15) is 18.0 Å². The van der Waals surface area contributed by atoms with Crippen LogP contribution in [0.3, 0.4) is 0 Å². The summed E-state index contributed by atoms with van der Waals surface area (Å²) in [5, 5.41) is 3.05. The number of hydrogen-bond acceptors (Lipinski definition) is 6. The van der Waals surface area contributed by atoms with Crippen LogP contribution in [-0.2, 0) is 32.6 Å². The van der Waals surface area contributed by atoms with Gasteiger partial charge in [-0.25, -0.2) is 8.42 Å².